The number of hydrogen-bond donors (Lipinski definition) is 2. The number of phenolic OH excluding ortho intramolecular Hbond substituents is 1. The first-order valence-corrected chi connectivity index (χ1v) is 6.76. The van der Waals surface area contributed by atoms with Crippen molar-refractivity contribution in [2.24, 2.45) is 4.99 Å². The molecule has 1 unspecified atom stereocenters. The molecule has 7 heteroatoms. The Kier molecular flexibility index (Phi) is 2.90. The van der Waals surface area contributed by atoms with Gasteiger partial charge in [-0.05, 0) is 24.3 Å². The van der Waals surface area contributed by atoms with Crippen LogP contribution in [0.25, 0.3) is 0 Å². The van der Waals surface area contributed by atoms with Gasteiger partial charge in [-0.25, -0.2) is 0 Å². The molecule has 2 amide bonds. The topological polar surface area (TPSA) is 82.0 Å². The number of amidine groups is 1. The third-order valence-electron chi connectivity index (χ3n) is 2.92. The Bertz CT molecular complexity index is 570. The van der Waals surface area contributed by atoms with Crippen LogP contribution < -0.4 is 5.32 Å². The molecule has 19 heavy (non-hydrogen) atoms. The zero-order valence-corrected chi connectivity index (χ0v) is 10.7. The van der Waals surface area contributed by atoms with Crippen LogP contribution in [-0.4, -0.2) is 45.3 Å². The van der Waals surface area contributed by atoms with Crippen molar-refractivity contribution in [2.75, 3.05) is 17.6 Å². The number of thioether (sulfide) groups is 1. The van der Waals surface area contributed by atoms with Crippen molar-refractivity contribution < 1.29 is 14.7 Å². The average molecular weight is 277 g/mol. The highest BCUT2D eigenvalue weighted by atomic mass is 32.2. The zero-order valence-electron chi connectivity index (χ0n) is 9.87. The molecule has 2 heterocycles. The number of aliphatic imine (C=N–C) groups is 1. The van der Waals surface area contributed by atoms with Gasteiger partial charge in [0.05, 0.1) is 0 Å². The SMILES string of the molecule is O=C1N=C2SCCN2C(=O)C1Nc1ccc(O)cc1. The van der Waals surface area contributed by atoms with Crippen LogP contribution >= 0.6 is 11.8 Å². The minimum Gasteiger partial charge on any atom is -0.508 e. The second-order valence-corrected chi connectivity index (χ2v) is 5.26. The highest BCUT2D eigenvalue weighted by Crippen LogP contribution is 2.24. The monoisotopic (exact) mass is 277 g/mol. The van der Waals surface area contributed by atoms with E-state index in [0.29, 0.717) is 17.4 Å². The largest absolute Gasteiger partial charge is 0.508 e. The minimum absolute atomic E-state index is 0.128. The van der Waals surface area contributed by atoms with Gasteiger partial charge in [0.2, 0.25) is 0 Å². The van der Waals surface area contributed by atoms with Crippen LogP contribution in [0, 0.1) is 0 Å². The highest BCUT2D eigenvalue weighted by Gasteiger charge is 2.40. The van der Waals surface area contributed by atoms with Gasteiger partial charge in [0.1, 0.15) is 5.75 Å². The molecule has 1 fully saturated rings. The van der Waals surface area contributed by atoms with Crippen LogP contribution in [0.3, 0.4) is 0 Å². The molecule has 2 N–H and O–H groups in total. The molecule has 98 valence electrons. The molecule has 0 aliphatic carbocycles. The first-order valence-electron chi connectivity index (χ1n) is 5.77. The lowest BCUT2D eigenvalue weighted by Gasteiger charge is -2.26. The Balaban J connectivity index is 1.83. The van der Waals surface area contributed by atoms with Crippen LogP contribution in [0.4, 0.5) is 5.69 Å². The second kappa shape index (κ2) is 4.58. The Morgan fingerprint density at radius 1 is 1.32 bits per heavy atom. The summed E-state index contributed by atoms with van der Waals surface area (Å²) in [7, 11) is 0. The number of carbonyl (C=O) groups is 2. The van der Waals surface area contributed by atoms with Gasteiger partial charge in [0, 0.05) is 18.0 Å². The number of rotatable bonds is 2. The van der Waals surface area contributed by atoms with E-state index in [1.807, 2.05) is 0 Å². The van der Waals surface area contributed by atoms with E-state index in [9.17, 15) is 14.7 Å². The van der Waals surface area contributed by atoms with E-state index in [0.717, 1.165) is 5.75 Å². The second-order valence-electron chi connectivity index (χ2n) is 4.20. The van der Waals surface area contributed by atoms with Crippen LogP contribution in [-0.2, 0) is 9.59 Å². The van der Waals surface area contributed by atoms with E-state index in [1.54, 1.807) is 12.1 Å². The maximum Gasteiger partial charge on any atom is 0.280 e. The maximum absolute atomic E-state index is 12.2. The highest BCUT2D eigenvalue weighted by molar-refractivity contribution is 8.14. The molecular weight excluding hydrogens is 266 g/mol. The molecule has 0 bridgehead atoms. The minimum atomic E-state index is -0.980. The van der Waals surface area contributed by atoms with Crippen molar-refractivity contribution in [1.29, 1.82) is 0 Å². The molecule has 2 aliphatic heterocycles. The lowest BCUT2D eigenvalue weighted by molar-refractivity contribution is -0.134. The van der Waals surface area contributed by atoms with Crippen molar-refractivity contribution >= 4 is 34.4 Å². The summed E-state index contributed by atoms with van der Waals surface area (Å²) in [5.41, 5.74) is 0.593. The number of hydrogen-bond acceptors (Lipinski definition) is 5. The van der Waals surface area contributed by atoms with E-state index >= 15 is 0 Å². The summed E-state index contributed by atoms with van der Waals surface area (Å²) >= 11 is 1.42. The average Bonchev–Trinajstić information content (AvgIpc) is 2.85. The molecule has 1 atom stereocenters. The molecular formula is C12H11N3O3S. The fourth-order valence-corrected chi connectivity index (χ4v) is 2.92. The fourth-order valence-electron chi connectivity index (χ4n) is 1.97. The van der Waals surface area contributed by atoms with Crippen molar-refractivity contribution in [2.45, 2.75) is 6.04 Å². The van der Waals surface area contributed by atoms with Crippen LogP contribution in [0.5, 0.6) is 5.75 Å². The fraction of sp³-hybridized carbons (Fsp3) is 0.250. The first kappa shape index (κ1) is 12.0. The molecule has 1 aromatic rings. The lowest BCUT2D eigenvalue weighted by atomic mass is 10.2. The standard InChI is InChI=1S/C12H11N3O3S/c16-8-3-1-7(2-4-8)13-9-10(17)14-12-15(11(9)18)5-6-19-12/h1-4,9,13,16H,5-6H2. The molecule has 0 saturated carbocycles. The predicted octanol–water partition coefficient (Wildman–Crippen LogP) is 0.644. The smallest absolute Gasteiger partial charge is 0.280 e. The van der Waals surface area contributed by atoms with Gasteiger partial charge >= 0.3 is 0 Å². The van der Waals surface area contributed by atoms with E-state index in [1.165, 1.54) is 28.8 Å². The maximum atomic E-state index is 12.2. The lowest BCUT2D eigenvalue weighted by Crippen LogP contribution is -2.51. The summed E-state index contributed by atoms with van der Waals surface area (Å²) < 4.78 is 0. The Morgan fingerprint density at radius 2 is 2.05 bits per heavy atom. The van der Waals surface area contributed by atoms with Crippen molar-refractivity contribution in [3.8, 4) is 5.75 Å². The van der Waals surface area contributed by atoms with Gasteiger partial charge in [0.25, 0.3) is 11.8 Å². The number of nitrogens with zero attached hydrogens (tertiary/aromatic N) is 2. The van der Waals surface area contributed by atoms with Crippen molar-refractivity contribution in [1.82, 2.24) is 4.90 Å². The number of anilines is 1. The Labute approximate surface area is 113 Å². The molecule has 3 rings (SSSR count). The van der Waals surface area contributed by atoms with Gasteiger partial charge < -0.3 is 10.4 Å². The van der Waals surface area contributed by atoms with Gasteiger partial charge in [-0.3, -0.25) is 14.5 Å². The first-order chi connectivity index (χ1) is 9.15. The molecule has 0 radical (unpaired) electrons. The Morgan fingerprint density at radius 3 is 2.79 bits per heavy atom. The van der Waals surface area contributed by atoms with Crippen molar-refractivity contribution in [3.63, 3.8) is 0 Å². The summed E-state index contributed by atoms with van der Waals surface area (Å²) in [5.74, 6) is 0.152. The Hall–Kier alpha value is -2.02. The van der Waals surface area contributed by atoms with Crippen molar-refractivity contribution in [3.05, 3.63) is 24.3 Å². The zero-order chi connectivity index (χ0) is 13.4. The molecule has 0 aromatic heterocycles. The van der Waals surface area contributed by atoms with Gasteiger partial charge in [-0.1, -0.05) is 11.8 Å². The van der Waals surface area contributed by atoms with E-state index in [-0.39, 0.29) is 11.7 Å². The number of carbonyl (C=O) groups excluding carboxylic acids is 2. The molecule has 1 saturated heterocycles. The van der Waals surface area contributed by atoms with E-state index < -0.39 is 11.9 Å². The summed E-state index contributed by atoms with van der Waals surface area (Å²) in [6.07, 6.45) is 0. The summed E-state index contributed by atoms with van der Waals surface area (Å²) in [5, 5.41) is 12.5. The van der Waals surface area contributed by atoms with Gasteiger partial charge in [-0.15, -0.1) is 0 Å². The summed E-state index contributed by atoms with van der Waals surface area (Å²) in [6.45, 7) is 0.587. The molecule has 1 aromatic carbocycles. The van der Waals surface area contributed by atoms with Crippen LogP contribution in [0.2, 0.25) is 0 Å². The number of amides is 2. The number of nitrogens with one attached hydrogen (secondary N) is 1. The van der Waals surface area contributed by atoms with Crippen LogP contribution in [0.15, 0.2) is 29.3 Å². The third kappa shape index (κ3) is 2.17. The summed E-state index contributed by atoms with van der Waals surface area (Å²) in [6, 6.07) is 5.20. The van der Waals surface area contributed by atoms with Gasteiger partial charge in [-0.2, -0.15) is 4.99 Å². The third-order valence-corrected chi connectivity index (χ3v) is 3.88. The van der Waals surface area contributed by atoms with Crippen LogP contribution in [0.1, 0.15) is 0 Å². The number of aromatic hydroxyl groups is 1. The molecule has 2 aliphatic rings. The molecule has 0 spiro atoms. The number of fused-ring (bicyclic) bond motifs is 1. The quantitative estimate of drug-likeness (QED) is 0.612. The number of benzene rings is 1. The van der Waals surface area contributed by atoms with Gasteiger partial charge in [0.15, 0.2) is 11.2 Å². The summed E-state index contributed by atoms with van der Waals surface area (Å²) in [4.78, 5) is 29.5. The predicted molar refractivity (Wildman–Crippen MR) is 72.1 cm³/mol. The number of phenols is 1. The van der Waals surface area contributed by atoms with E-state index in [4.69, 9.17) is 0 Å². The normalized spacial score (nSPS) is 22.2. The molecule has 6 nitrogen and oxygen atoms in total. The van der Waals surface area contributed by atoms with E-state index in [2.05, 4.69) is 10.3 Å².